The van der Waals surface area contributed by atoms with Gasteiger partial charge in [-0.25, -0.2) is 0 Å². The van der Waals surface area contributed by atoms with Crippen molar-refractivity contribution in [3.05, 3.63) is 65.4 Å². The minimum atomic E-state index is 0.0161. The third-order valence-corrected chi connectivity index (χ3v) is 4.64. The van der Waals surface area contributed by atoms with Gasteiger partial charge in [0.2, 0.25) is 5.91 Å². The molecule has 0 fully saturated rings. The van der Waals surface area contributed by atoms with E-state index in [9.17, 15) is 4.79 Å². The highest BCUT2D eigenvalue weighted by Crippen LogP contribution is 2.42. The lowest BCUT2D eigenvalue weighted by molar-refractivity contribution is -0.115. The van der Waals surface area contributed by atoms with E-state index in [1.165, 1.54) is 0 Å². The molecule has 5 heteroatoms. The molecule has 0 saturated heterocycles. The van der Waals surface area contributed by atoms with Crippen LogP contribution in [0.2, 0.25) is 5.02 Å². The van der Waals surface area contributed by atoms with E-state index in [2.05, 4.69) is 10.3 Å². The number of pyridine rings is 1. The number of fused-ring (bicyclic) bond motifs is 1. The van der Waals surface area contributed by atoms with E-state index in [-0.39, 0.29) is 5.91 Å². The molecular weight excluding hydrogens is 336 g/mol. The Morgan fingerprint density at radius 3 is 2.88 bits per heavy atom. The smallest absolute Gasteiger partial charge is 0.228 e. The van der Waals surface area contributed by atoms with E-state index < -0.39 is 0 Å². The van der Waals surface area contributed by atoms with Gasteiger partial charge in [0.25, 0.3) is 0 Å². The summed E-state index contributed by atoms with van der Waals surface area (Å²) in [5.41, 5.74) is 5.61. The number of carbonyl (C=O) groups excluding carboxylic acids is 1. The predicted octanol–water partition coefficient (Wildman–Crippen LogP) is 4.57. The van der Waals surface area contributed by atoms with Gasteiger partial charge in [0.1, 0.15) is 5.75 Å². The van der Waals surface area contributed by atoms with Crippen LogP contribution in [0.3, 0.4) is 0 Å². The van der Waals surface area contributed by atoms with Crippen molar-refractivity contribution < 1.29 is 9.53 Å². The maximum atomic E-state index is 11.6. The highest BCUT2D eigenvalue weighted by molar-refractivity contribution is 6.34. The largest absolute Gasteiger partial charge is 0.494 e. The Hall–Kier alpha value is -2.85. The summed E-state index contributed by atoms with van der Waals surface area (Å²) in [6.07, 6.45) is 3.81. The van der Waals surface area contributed by atoms with Crippen molar-refractivity contribution in [3.63, 3.8) is 0 Å². The number of carbonyl (C=O) groups is 1. The number of hydrogen-bond donors (Lipinski definition) is 1. The Labute approximate surface area is 150 Å². The molecule has 1 aliphatic rings. The van der Waals surface area contributed by atoms with Gasteiger partial charge in [-0.2, -0.15) is 0 Å². The molecule has 124 valence electrons. The first-order chi connectivity index (χ1) is 12.2. The van der Waals surface area contributed by atoms with Crippen LogP contribution in [-0.2, 0) is 11.2 Å². The van der Waals surface area contributed by atoms with E-state index in [1.807, 2.05) is 42.5 Å². The lowest BCUT2D eigenvalue weighted by Crippen LogP contribution is -2.03. The number of ether oxygens (including phenoxy) is 1. The Bertz CT molecular complexity index is 985. The fraction of sp³-hybridized carbons (Fsp3) is 0.100. The molecule has 2 aromatic carbocycles. The van der Waals surface area contributed by atoms with Crippen LogP contribution in [0.4, 0.5) is 5.69 Å². The summed E-state index contributed by atoms with van der Waals surface area (Å²) in [7, 11) is 1.62. The highest BCUT2D eigenvalue weighted by atomic mass is 35.5. The van der Waals surface area contributed by atoms with Gasteiger partial charge in [0.05, 0.1) is 19.7 Å². The second-order valence-corrected chi connectivity index (χ2v) is 6.24. The zero-order chi connectivity index (χ0) is 17.4. The first-order valence-corrected chi connectivity index (χ1v) is 8.25. The van der Waals surface area contributed by atoms with E-state index in [0.29, 0.717) is 17.2 Å². The molecule has 0 saturated carbocycles. The van der Waals surface area contributed by atoms with Crippen LogP contribution in [0, 0.1) is 0 Å². The summed E-state index contributed by atoms with van der Waals surface area (Å²) in [6, 6.07) is 13.6. The lowest BCUT2D eigenvalue weighted by Gasteiger charge is -2.15. The zero-order valence-corrected chi connectivity index (χ0v) is 14.3. The van der Waals surface area contributed by atoms with E-state index in [4.69, 9.17) is 16.3 Å². The topological polar surface area (TPSA) is 51.2 Å². The van der Waals surface area contributed by atoms with Gasteiger partial charge in [-0.1, -0.05) is 29.8 Å². The molecule has 25 heavy (non-hydrogen) atoms. The lowest BCUT2D eigenvalue weighted by atomic mass is 9.93. The fourth-order valence-electron chi connectivity index (χ4n) is 3.19. The van der Waals surface area contributed by atoms with Crippen molar-refractivity contribution in [2.75, 3.05) is 12.4 Å². The Kier molecular flexibility index (Phi) is 3.90. The van der Waals surface area contributed by atoms with Crippen LogP contribution >= 0.6 is 11.6 Å². The summed E-state index contributed by atoms with van der Waals surface area (Å²) in [5, 5.41) is 3.50. The molecule has 0 bridgehead atoms. The second kappa shape index (κ2) is 6.22. The summed E-state index contributed by atoms with van der Waals surface area (Å²) in [6.45, 7) is 0. The van der Waals surface area contributed by atoms with Crippen LogP contribution in [-0.4, -0.2) is 18.0 Å². The minimum Gasteiger partial charge on any atom is -0.494 e. The number of hydrogen-bond acceptors (Lipinski definition) is 3. The number of aromatic nitrogens is 1. The van der Waals surface area contributed by atoms with Crippen molar-refractivity contribution in [2.24, 2.45) is 0 Å². The first kappa shape index (κ1) is 15.7. The van der Waals surface area contributed by atoms with E-state index >= 15 is 0 Å². The Morgan fingerprint density at radius 2 is 2.04 bits per heavy atom. The summed E-state index contributed by atoms with van der Waals surface area (Å²) >= 11 is 6.55. The van der Waals surface area contributed by atoms with Crippen LogP contribution in [0.15, 0.2) is 54.9 Å². The number of nitrogens with one attached hydrogen (secondary N) is 1. The molecule has 3 aromatic rings. The number of rotatable bonds is 3. The third-order valence-electron chi connectivity index (χ3n) is 4.33. The van der Waals surface area contributed by atoms with Gasteiger partial charge in [0.15, 0.2) is 0 Å². The Balaban J connectivity index is 1.92. The van der Waals surface area contributed by atoms with Crippen molar-refractivity contribution in [2.45, 2.75) is 6.42 Å². The molecule has 1 aromatic heterocycles. The van der Waals surface area contributed by atoms with Crippen molar-refractivity contribution >= 4 is 23.2 Å². The molecule has 4 rings (SSSR count). The second-order valence-electron chi connectivity index (χ2n) is 5.84. The number of benzene rings is 2. The molecular formula is C20H15ClN2O2. The molecule has 0 aliphatic carbocycles. The highest BCUT2D eigenvalue weighted by Gasteiger charge is 2.20. The molecule has 2 heterocycles. The minimum absolute atomic E-state index is 0.0161. The van der Waals surface area contributed by atoms with Crippen LogP contribution in [0.1, 0.15) is 5.56 Å². The van der Waals surface area contributed by atoms with Gasteiger partial charge in [-0.05, 0) is 41.0 Å². The molecule has 1 amide bonds. The van der Waals surface area contributed by atoms with Crippen LogP contribution in [0.25, 0.3) is 22.3 Å². The molecule has 0 spiro atoms. The van der Waals surface area contributed by atoms with E-state index in [1.54, 1.807) is 19.5 Å². The molecule has 1 N–H and O–H groups in total. The van der Waals surface area contributed by atoms with Gasteiger partial charge in [-0.15, -0.1) is 0 Å². The Morgan fingerprint density at radius 1 is 1.16 bits per heavy atom. The molecule has 0 atom stereocenters. The number of nitrogens with zero attached hydrogens (tertiary/aromatic N) is 1. The average Bonchev–Trinajstić information content (AvgIpc) is 3.00. The van der Waals surface area contributed by atoms with Crippen molar-refractivity contribution in [3.8, 4) is 28.0 Å². The first-order valence-electron chi connectivity index (χ1n) is 7.87. The maximum absolute atomic E-state index is 11.6. The fourth-order valence-corrected chi connectivity index (χ4v) is 3.48. The summed E-state index contributed by atoms with van der Waals surface area (Å²) < 4.78 is 5.46. The summed E-state index contributed by atoms with van der Waals surface area (Å²) in [4.78, 5) is 15.7. The molecule has 0 unspecified atom stereocenters. The van der Waals surface area contributed by atoms with Crippen LogP contribution in [0.5, 0.6) is 5.75 Å². The standard InChI is InChI=1S/C20H15ClN2O2/c1-25-18-11-22-8-7-14(18)15-3-2-4-16(21)20(15)12-5-6-17-13(9-12)10-19(24)23-17/h2-9,11H,10H2,1H3,(H,23,24). The van der Waals surface area contributed by atoms with E-state index in [0.717, 1.165) is 33.5 Å². The van der Waals surface area contributed by atoms with Gasteiger partial charge >= 0.3 is 0 Å². The van der Waals surface area contributed by atoms with Gasteiger partial charge < -0.3 is 10.1 Å². The SMILES string of the molecule is COc1cnccc1-c1cccc(Cl)c1-c1ccc2c(c1)CC(=O)N2. The van der Waals surface area contributed by atoms with Gasteiger partial charge in [0, 0.05) is 28.0 Å². The molecule has 0 radical (unpaired) electrons. The zero-order valence-electron chi connectivity index (χ0n) is 13.5. The predicted molar refractivity (Wildman–Crippen MR) is 99.0 cm³/mol. The third kappa shape index (κ3) is 2.75. The van der Waals surface area contributed by atoms with Crippen LogP contribution < -0.4 is 10.1 Å². The molecule has 1 aliphatic heterocycles. The number of halogens is 1. The van der Waals surface area contributed by atoms with Crippen molar-refractivity contribution in [1.29, 1.82) is 0 Å². The monoisotopic (exact) mass is 350 g/mol. The molecule has 4 nitrogen and oxygen atoms in total. The summed E-state index contributed by atoms with van der Waals surface area (Å²) in [5.74, 6) is 0.700. The van der Waals surface area contributed by atoms with Crippen molar-refractivity contribution in [1.82, 2.24) is 4.98 Å². The normalized spacial score (nSPS) is 12.6. The number of methoxy groups -OCH3 is 1. The number of anilines is 1. The van der Waals surface area contributed by atoms with Gasteiger partial charge in [-0.3, -0.25) is 9.78 Å². The quantitative estimate of drug-likeness (QED) is 0.752. The number of amides is 1. The average molecular weight is 351 g/mol. The maximum Gasteiger partial charge on any atom is 0.228 e.